The van der Waals surface area contributed by atoms with Crippen LogP contribution in [-0.2, 0) is 4.74 Å². The van der Waals surface area contributed by atoms with Crippen LogP contribution in [0.2, 0.25) is 10.0 Å². The quantitative estimate of drug-likeness (QED) is 0.309. The number of hydrogen-bond acceptors (Lipinski definition) is 9. The molecule has 4 heterocycles. The first-order valence-corrected chi connectivity index (χ1v) is 14.1. The van der Waals surface area contributed by atoms with E-state index in [1.165, 1.54) is 6.20 Å². The van der Waals surface area contributed by atoms with E-state index in [2.05, 4.69) is 21.4 Å². The smallest absolute Gasteiger partial charge is 0.410 e. The maximum absolute atomic E-state index is 12.1. The van der Waals surface area contributed by atoms with Crippen molar-refractivity contribution in [1.29, 1.82) is 0 Å². The summed E-state index contributed by atoms with van der Waals surface area (Å²) in [5.41, 5.74) is 3.96. The molecule has 2 aromatic heterocycles. The zero-order valence-electron chi connectivity index (χ0n) is 23.9. The van der Waals surface area contributed by atoms with Gasteiger partial charge >= 0.3 is 6.09 Å². The number of aliphatic hydroxyl groups is 4. The van der Waals surface area contributed by atoms with Crippen LogP contribution in [0.25, 0.3) is 11.1 Å². The molecule has 0 radical (unpaired) electrons. The summed E-state index contributed by atoms with van der Waals surface area (Å²) in [7, 11) is 0. The molecule has 4 rings (SSSR count). The molecule has 2 aliphatic heterocycles. The summed E-state index contributed by atoms with van der Waals surface area (Å²) in [5, 5.41) is 41.1. The molecule has 2 atom stereocenters. The summed E-state index contributed by atoms with van der Waals surface area (Å²) in [6.07, 6.45) is 6.31. The second-order valence-corrected chi connectivity index (χ2v) is 11.5. The number of aromatic nitrogens is 2. The highest BCUT2D eigenvalue weighted by molar-refractivity contribution is 6.32. The molecule has 0 saturated carbocycles. The van der Waals surface area contributed by atoms with Gasteiger partial charge in [0.15, 0.2) is 0 Å². The average Bonchev–Trinajstić information content (AvgIpc) is 2.96. The molecule has 13 heteroatoms. The van der Waals surface area contributed by atoms with Gasteiger partial charge in [0.05, 0.1) is 34.6 Å². The van der Waals surface area contributed by atoms with Gasteiger partial charge in [-0.15, -0.1) is 12.4 Å². The number of hydrogen-bond donors (Lipinski definition) is 5. The Balaban J connectivity index is 0.000000302. The van der Waals surface area contributed by atoms with Crippen molar-refractivity contribution in [2.45, 2.75) is 51.4 Å². The minimum absolute atomic E-state index is 0. The Morgan fingerprint density at radius 3 is 1.88 bits per heavy atom. The molecule has 42 heavy (non-hydrogen) atoms. The van der Waals surface area contributed by atoms with Gasteiger partial charge in [-0.25, -0.2) is 4.79 Å². The van der Waals surface area contributed by atoms with Gasteiger partial charge in [0.1, 0.15) is 17.8 Å². The Labute approximate surface area is 262 Å². The van der Waals surface area contributed by atoms with E-state index >= 15 is 0 Å². The Hall–Kier alpha value is -2.28. The minimum atomic E-state index is -0.993. The fourth-order valence-corrected chi connectivity index (χ4v) is 4.76. The highest BCUT2D eigenvalue weighted by Gasteiger charge is 2.25. The summed E-state index contributed by atoms with van der Waals surface area (Å²) >= 11 is 12.4. The number of halogens is 3. The fraction of sp³-hybridized carbons (Fsp3) is 0.483. The van der Waals surface area contributed by atoms with Gasteiger partial charge in [-0.3, -0.25) is 9.97 Å². The van der Waals surface area contributed by atoms with Crippen LogP contribution >= 0.6 is 35.6 Å². The first-order valence-electron chi connectivity index (χ1n) is 13.4. The standard InChI is InChI=1S/C17H23ClN2O4.C12H15ClN2O2.ClH/c1-17(2,3)24-16(23)20-6-4-11(5-7-20)15-13(18)8-12(9-19-15)14(22)10-21;13-10-5-9(11(17)7-16)6-15-12(10)8-1-3-14-4-2-8;/h4,8-9,14,21-22H,5-7,10H2,1-3H3;1,5-6,11,14,16-17H,2-4,7H2;1H/t14-;11-;/m11./s1. The van der Waals surface area contributed by atoms with Crippen LogP contribution in [0, 0.1) is 0 Å². The number of nitrogens with zero attached hydrogens (tertiary/aromatic N) is 3. The van der Waals surface area contributed by atoms with Crippen LogP contribution in [0.4, 0.5) is 4.79 Å². The molecule has 0 aromatic carbocycles. The molecule has 0 bridgehead atoms. The van der Waals surface area contributed by atoms with Crippen molar-refractivity contribution < 1.29 is 30.0 Å². The first kappa shape index (κ1) is 35.9. The zero-order valence-corrected chi connectivity index (χ0v) is 26.2. The maximum Gasteiger partial charge on any atom is 0.410 e. The Bertz CT molecular complexity index is 1270. The highest BCUT2D eigenvalue weighted by atomic mass is 35.5. The number of pyridine rings is 2. The number of amides is 1. The summed E-state index contributed by atoms with van der Waals surface area (Å²) < 4.78 is 5.36. The lowest BCUT2D eigenvalue weighted by atomic mass is 10.0. The lowest BCUT2D eigenvalue weighted by molar-refractivity contribution is 0.0270. The van der Waals surface area contributed by atoms with Crippen molar-refractivity contribution in [3.63, 3.8) is 0 Å². The van der Waals surface area contributed by atoms with Gasteiger partial charge in [-0.2, -0.15) is 0 Å². The predicted octanol–water partition coefficient (Wildman–Crippen LogP) is 4.34. The first-order chi connectivity index (χ1) is 19.4. The Morgan fingerprint density at radius 1 is 0.976 bits per heavy atom. The van der Waals surface area contributed by atoms with E-state index in [0.29, 0.717) is 46.4 Å². The van der Waals surface area contributed by atoms with E-state index < -0.39 is 17.8 Å². The second-order valence-electron chi connectivity index (χ2n) is 10.7. The van der Waals surface area contributed by atoms with Gasteiger partial charge in [0.2, 0.25) is 0 Å². The SMILES string of the molecule is CC(C)(C)OC(=O)N1CC=C(c2ncc([C@H](O)CO)cc2Cl)CC1.Cl.OC[C@@H](O)c1cnc(C2=CCNCC2)c(Cl)c1. The largest absolute Gasteiger partial charge is 0.444 e. The third-order valence-corrected chi connectivity index (χ3v) is 6.95. The molecule has 0 aliphatic carbocycles. The minimum Gasteiger partial charge on any atom is -0.444 e. The molecule has 0 unspecified atom stereocenters. The molecule has 10 nitrogen and oxygen atoms in total. The summed E-state index contributed by atoms with van der Waals surface area (Å²) in [6.45, 7) is 7.50. The van der Waals surface area contributed by atoms with E-state index in [4.69, 9.17) is 38.2 Å². The molecule has 2 aromatic rings. The van der Waals surface area contributed by atoms with Gasteiger partial charge in [-0.1, -0.05) is 35.4 Å². The summed E-state index contributed by atoms with van der Waals surface area (Å²) in [6, 6.07) is 3.26. The number of nitrogens with one attached hydrogen (secondary N) is 1. The number of carbonyl (C=O) groups is 1. The molecule has 5 N–H and O–H groups in total. The molecule has 0 fully saturated rings. The van der Waals surface area contributed by atoms with E-state index in [0.717, 1.165) is 36.4 Å². The monoisotopic (exact) mass is 644 g/mol. The highest BCUT2D eigenvalue weighted by Crippen LogP contribution is 2.30. The molecule has 0 spiro atoms. The van der Waals surface area contributed by atoms with Crippen molar-refractivity contribution in [2.24, 2.45) is 0 Å². The lowest BCUT2D eigenvalue weighted by Crippen LogP contribution is -2.39. The number of ether oxygens (including phenoxy) is 1. The van der Waals surface area contributed by atoms with Crippen LogP contribution in [0.3, 0.4) is 0 Å². The molecule has 0 saturated heterocycles. The third kappa shape index (κ3) is 10.2. The molecule has 232 valence electrons. The molecule has 1 amide bonds. The van der Waals surface area contributed by atoms with Crippen molar-refractivity contribution in [2.75, 3.05) is 39.4 Å². The zero-order chi connectivity index (χ0) is 30.2. The Morgan fingerprint density at radius 2 is 1.50 bits per heavy atom. The maximum atomic E-state index is 12.1. The van der Waals surface area contributed by atoms with E-state index in [1.807, 2.05) is 26.8 Å². The fourth-order valence-electron chi connectivity index (χ4n) is 4.17. The number of carbonyl (C=O) groups excluding carboxylic acids is 1. The molecular formula is C29H39Cl3N4O6. The van der Waals surface area contributed by atoms with Crippen LogP contribution in [-0.4, -0.2) is 86.4 Å². The summed E-state index contributed by atoms with van der Waals surface area (Å²) in [5.74, 6) is 0. The van der Waals surface area contributed by atoms with Crippen molar-refractivity contribution in [3.8, 4) is 0 Å². The van der Waals surface area contributed by atoms with Crippen LogP contribution in [0.1, 0.15) is 68.3 Å². The molecule has 2 aliphatic rings. The molecular weight excluding hydrogens is 607 g/mol. The lowest BCUT2D eigenvalue weighted by Gasteiger charge is -2.29. The van der Waals surface area contributed by atoms with E-state index in [9.17, 15) is 15.0 Å². The van der Waals surface area contributed by atoms with Crippen molar-refractivity contribution >= 4 is 52.8 Å². The normalized spacial score (nSPS) is 16.6. The number of rotatable bonds is 6. The van der Waals surface area contributed by atoms with E-state index in [-0.39, 0.29) is 31.7 Å². The Kier molecular flexibility index (Phi) is 14.1. The second kappa shape index (κ2) is 16.5. The topological polar surface area (TPSA) is 148 Å². The average molecular weight is 646 g/mol. The van der Waals surface area contributed by atoms with Gasteiger partial charge < -0.3 is 35.4 Å². The third-order valence-electron chi connectivity index (χ3n) is 6.37. The summed E-state index contributed by atoms with van der Waals surface area (Å²) in [4.78, 5) is 22.3. The van der Waals surface area contributed by atoms with E-state index in [1.54, 1.807) is 23.2 Å². The number of aliphatic hydroxyl groups excluding tert-OH is 4. The van der Waals surface area contributed by atoms with Crippen LogP contribution < -0.4 is 5.32 Å². The van der Waals surface area contributed by atoms with Crippen molar-refractivity contribution in [1.82, 2.24) is 20.2 Å². The van der Waals surface area contributed by atoms with Crippen molar-refractivity contribution in [3.05, 3.63) is 69.2 Å². The van der Waals surface area contributed by atoms with Crippen LogP contribution in [0.5, 0.6) is 0 Å². The van der Waals surface area contributed by atoms with Gasteiger partial charge in [0.25, 0.3) is 0 Å². The van der Waals surface area contributed by atoms with Gasteiger partial charge in [-0.05, 0) is 63.4 Å². The van der Waals surface area contributed by atoms with Crippen LogP contribution in [0.15, 0.2) is 36.7 Å². The van der Waals surface area contributed by atoms with Gasteiger partial charge in [0, 0.05) is 43.2 Å². The predicted molar refractivity (Wildman–Crippen MR) is 166 cm³/mol.